The van der Waals surface area contributed by atoms with Crippen molar-refractivity contribution in [3.05, 3.63) is 24.3 Å². The van der Waals surface area contributed by atoms with Crippen molar-refractivity contribution in [2.24, 2.45) is 11.7 Å². The monoisotopic (exact) mass is 205 g/mol. The zero-order chi connectivity index (χ0) is 10.7. The summed E-state index contributed by atoms with van der Waals surface area (Å²) >= 11 is 0. The van der Waals surface area contributed by atoms with Crippen LogP contribution in [0.2, 0.25) is 0 Å². The average Bonchev–Trinajstić information content (AvgIpc) is 2.30. The van der Waals surface area contributed by atoms with Crippen LogP contribution in [-0.2, 0) is 5.54 Å². The van der Waals surface area contributed by atoms with Gasteiger partial charge in [0.15, 0.2) is 0 Å². The summed E-state index contributed by atoms with van der Waals surface area (Å²) in [6, 6.07) is 0. The van der Waals surface area contributed by atoms with Gasteiger partial charge in [-0.25, -0.2) is 9.97 Å². The first kappa shape index (κ1) is 10.6. The summed E-state index contributed by atoms with van der Waals surface area (Å²) < 4.78 is 0. The van der Waals surface area contributed by atoms with E-state index in [1.165, 1.54) is 19.3 Å². The fourth-order valence-electron chi connectivity index (χ4n) is 2.59. The molecule has 3 heteroatoms. The van der Waals surface area contributed by atoms with Crippen molar-refractivity contribution in [1.82, 2.24) is 9.97 Å². The van der Waals surface area contributed by atoms with Crippen LogP contribution in [0.4, 0.5) is 0 Å². The Hall–Kier alpha value is -0.960. The Labute approximate surface area is 91.1 Å². The second-order valence-electron chi connectivity index (χ2n) is 4.65. The van der Waals surface area contributed by atoms with E-state index in [1.807, 2.05) is 12.4 Å². The summed E-state index contributed by atoms with van der Waals surface area (Å²) in [5.74, 6) is 0.768. The molecule has 2 N–H and O–H groups in total. The highest BCUT2D eigenvalue weighted by Crippen LogP contribution is 2.38. The van der Waals surface area contributed by atoms with Crippen LogP contribution in [0.15, 0.2) is 18.7 Å². The molecule has 0 spiro atoms. The number of hydrogen-bond donors (Lipinski definition) is 1. The van der Waals surface area contributed by atoms with Gasteiger partial charge < -0.3 is 5.73 Å². The molecule has 2 unspecified atom stereocenters. The van der Waals surface area contributed by atoms with Crippen molar-refractivity contribution in [3.63, 3.8) is 0 Å². The first-order valence-electron chi connectivity index (χ1n) is 5.79. The molecule has 0 bridgehead atoms. The lowest BCUT2D eigenvalue weighted by Crippen LogP contribution is -2.41. The Morgan fingerprint density at radius 1 is 1.47 bits per heavy atom. The van der Waals surface area contributed by atoms with Gasteiger partial charge in [0.2, 0.25) is 0 Å². The van der Waals surface area contributed by atoms with Gasteiger partial charge in [0.05, 0.1) is 0 Å². The smallest absolute Gasteiger partial charge is 0.115 e. The van der Waals surface area contributed by atoms with E-state index < -0.39 is 0 Å². The minimum Gasteiger partial charge on any atom is -0.321 e. The minimum absolute atomic E-state index is 0.180. The molecule has 0 saturated heterocycles. The maximum atomic E-state index is 6.47. The van der Waals surface area contributed by atoms with Crippen LogP contribution in [0.1, 0.15) is 44.6 Å². The van der Waals surface area contributed by atoms with E-state index in [0.29, 0.717) is 0 Å². The Morgan fingerprint density at radius 3 is 2.87 bits per heavy atom. The molecule has 0 aromatic carbocycles. The quantitative estimate of drug-likeness (QED) is 0.805. The van der Waals surface area contributed by atoms with Gasteiger partial charge in [-0.3, -0.25) is 0 Å². The van der Waals surface area contributed by atoms with Gasteiger partial charge in [-0.05, 0) is 18.8 Å². The van der Waals surface area contributed by atoms with Crippen LogP contribution in [0, 0.1) is 5.92 Å². The maximum absolute atomic E-state index is 6.47. The first-order chi connectivity index (χ1) is 7.24. The molecule has 1 heterocycles. The lowest BCUT2D eigenvalue weighted by atomic mass is 9.72. The standard InChI is InChI=1S/C12H19N3/c1-2-10-4-3-5-12(13,6-10)11-7-14-9-15-8-11/h7-10H,2-6,13H2,1H3. The molecular weight excluding hydrogens is 186 g/mol. The molecule has 0 radical (unpaired) electrons. The third-order valence-electron chi connectivity index (χ3n) is 3.60. The molecule has 0 amide bonds. The molecule has 1 saturated carbocycles. The molecular formula is C12H19N3. The molecule has 1 aliphatic carbocycles. The van der Waals surface area contributed by atoms with Crippen LogP contribution in [0.25, 0.3) is 0 Å². The summed E-state index contributed by atoms with van der Waals surface area (Å²) in [4.78, 5) is 8.13. The molecule has 82 valence electrons. The van der Waals surface area contributed by atoms with Crippen molar-refractivity contribution >= 4 is 0 Å². The highest BCUT2D eigenvalue weighted by Gasteiger charge is 2.33. The van der Waals surface area contributed by atoms with Crippen molar-refractivity contribution in [3.8, 4) is 0 Å². The number of hydrogen-bond acceptors (Lipinski definition) is 3. The Bertz CT molecular complexity index is 312. The van der Waals surface area contributed by atoms with E-state index in [9.17, 15) is 0 Å². The van der Waals surface area contributed by atoms with Crippen molar-refractivity contribution in [2.75, 3.05) is 0 Å². The summed E-state index contributed by atoms with van der Waals surface area (Å²) in [6.07, 6.45) is 11.2. The van der Waals surface area contributed by atoms with Gasteiger partial charge >= 0.3 is 0 Å². The van der Waals surface area contributed by atoms with Crippen molar-refractivity contribution < 1.29 is 0 Å². The van der Waals surface area contributed by atoms with E-state index in [1.54, 1.807) is 6.33 Å². The fourth-order valence-corrected chi connectivity index (χ4v) is 2.59. The van der Waals surface area contributed by atoms with E-state index in [2.05, 4.69) is 16.9 Å². The normalized spacial score (nSPS) is 31.5. The fraction of sp³-hybridized carbons (Fsp3) is 0.667. The summed E-state index contributed by atoms with van der Waals surface area (Å²) in [5.41, 5.74) is 7.39. The van der Waals surface area contributed by atoms with Crippen LogP contribution in [0.3, 0.4) is 0 Å². The highest BCUT2D eigenvalue weighted by atomic mass is 14.8. The highest BCUT2D eigenvalue weighted by molar-refractivity contribution is 5.17. The van der Waals surface area contributed by atoms with Gasteiger partial charge in [-0.1, -0.05) is 26.2 Å². The van der Waals surface area contributed by atoms with E-state index >= 15 is 0 Å². The van der Waals surface area contributed by atoms with Crippen LogP contribution in [-0.4, -0.2) is 9.97 Å². The zero-order valence-corrected chi connectivity index (χ0v) is 9.32. The molecule has 1 aromatic rings. The predicted octanol–water partition coefficient (Wildman–Crippen LogP) is 2.23. The summed E-state index contributed by atoms with van der Waals surface area (Å²) in [6.45, 7) is 2.25. The van der Waals surface area contributed by atoms with Gasteiger partial charge in [0.1, 0.15) is 6.33 Å². The molecule has 1 fully saturated rings. The minimum atomic E-state index is -0.180. The van der Waals surface area contributed by atoms with E-state index in [4.69, 9.17) is 5.73 Å². The van der Waals surface area contributed by atoms with Crippen molar-refractivity contribution in [2.45, 2.75) is 44.6 Å². The third-order valence-corrected chi connectivity index (χ3v) is 3.60. The number of nitrogens with two attached hydrogens (primary N) is 1. The van der Waals surface area contributed by atoms with E-state index in [0.717, 1.165) is 24.3 Å². The van der Waals surface area contributed by atoms with Gasteiger partial charge in [0, 0.05) is 23.5 Å². The Balaban J connectivity index is 2.19. The lowest BCUT2D eigenvalue weighted by molar-refractivity contribution is 0.220. The topological polar surface area (TPSA) is 51.8 Å². The molecule has 0 aliphatic heterocycles. The zero-order valence-electron chi connectivity index (χ0n) is 9.32. The van der Waals surface area contributed by atoms with Crippen LogP contribution in [0.5, 0.6) is 0 Å². The Kier molecular flexibility index (Phi) is 3.00. The summed E-state index contributed by atoms with van der Waals surface area (Å²) in [5, 5.41) is 0. The van der Waals surface area contributed by atoms with Gasteiger partial charge in [-0.2, -0.15) is 0 Å². The second-order valence-corrected chi connectivity index (χ2v) is 4.65. The summed E-state index contributed by atoms with van der Waals surface area (Å²) in [7, 11) is 0. The molecule has 1 aromatic heterocycles. The van der Waals surface area contributed by atoms with Crippen molar-refractivity contribution in [1.29, 1.82) is 0 Å². The number of aromatic nitrogens is 2. The predicted molar refractivity (Wildman–Crippen MR) is 60.1 cm³/mol. The average molecular weight is 205 g/mol. The molecule has 3 nitrogen and oxygen atoms in total. The van der Waals surface area contributed by atoms with E-state index in [-0.39, 0.29) is 5.54 Å². The lowest BCUT2D eigenvalue weighted by Gasteiger charge is -2.37. The molecule has 2 rings (SSSR count). The molecule has 15 heavy (non-hydrogen) atoms. The SMILES string of the molecule is CCC1CCCC(N)(c2cncnc2)C1. The third kappa shape index (κ3) is 2.17. The number of rotatable bonds is 2. The van der Waals surface area contributed by atoms with Gasteiger partial charge in [-0.15, -0.1) is 0 Å². The van der Waals surface area contributed by atoms with Crippen LogP contribution < -0.4 is 5.73 Å². The first-order valence-corrected chi connectivity index (χ1v) is 5.79. The van der Waals surface area contributed by atoms with Gasteiger partial charge in [0.25, 0.3) is 0 Å². The maximum Gasteiger partial charge on any atom is 0.115 e. The largest absolute Gasteiger partial charge is 0.321 e. The second kappa shape index (κ2) is 4.27. The number of nitrogens with zero attached hydrogens (tertiary/aromatic N) is 2. The molecule has 2 atom stereocenters. The molecule has 1 aliphatic rings. The van der Waals surface area contributed by atoms with Crippen LogP contribution >= 0.6 is 0 Å². The Morgan fingerprint density at radius 2 is 2.20 bits per heavy atom.